The van der Waals surface area contributed by atoms with Crippen molar-refractivity contribution in [2.45, 2.75) is 19.3 Å². The third-order valence-corrected chi connectivity index (χ3v) is 4.54. The Bertz CT molecular complexity index is 794. The Morgan fingerprint density at radius 1 is 1.24 bits per heavy atom. The average Bonchev–Trinajstić information content (AvgIpc) is 2.88. The Balaban J connectivity index is 2.00. The molecule has 0 amide bonds. The summed E-state index contributed by atoms with van der Waals surface area (Å²) in [5.74, 6) is -1.35. The second-order valence-electron chi connectivity index (χ2n) is 5.15. The fraction of sp³-hybridized carbons (Fsp3) is 0.176. The molecule has 0 aliphatic rings. The van der Waals surface area contributed by atoms with Gasteiger partial charge in [0.1, 0.15) is 0 Å². The zero-order valence-electron chi connectivity index (χ0n) is 11.6. The molecule has 0 aliphatic heterocycles. The first-order valence-corrected chi connectivity index (χ1v) is 7.55. The van der Waals surface area contributed by atoms with E-state index in [4.69, 9.17) is 0 Å². The van der Waals surface area contributed by atoms with Crippen molar-refractivity contribution in [1.29, 1.82) is 0 Å². The number of aliphatic carboxylic acids is 1. The number of hydrogen-bond acceptors (Lipinski definition) is 3. The summed E-state index contributed by atoms with van der Waals surface area (Å²) in [5, 5.41) is 10.6. The SMILES string of the molecule is Cc1cccc(CC(C(=O)O)c2snc3ccccc23)c1. The molecule has 0 saturated heterocycles. The fourth-order valence-corrected chi connectivity index (χ4v) is 3.47. The van der Waals surface area contributed by atoms with Crippen molar-refractivity contribution in [3.8, 4) is 0 Å². The molecule has 3 nitrogen and oxygen atoms in total. The molecule has 0 fully saturated rings. The van der Waals surface area contributed by atoms with Gasteiger partial charge in [0.25, 0.3) is 0 Å². The van der Waals surface area contributed by atoms with Crippen molar-refractivity contribution < 1.29 is 9.90 Å². The van der Waals surface area contributed by atoms with Crippen LogP contribution in [0.25, 0.3) is 10.9 Å². The normalized spacial score (nSPS) is 12.4. The van der Waals surface area contributed by atoms with Gasteiger partial charge in [-0.15, -0.1) is 0 Å². The van der Waals surface area contributed by atoms with Gasteiger partial charge in [-0.1, -0.05) is 48.0 Å². The van der Waals surface area contributed by atoms with Crippen LogP contribution in [0.15, 0.2) is 48.5 Å². The maximum Gasteiger partial charge on any atom is 0.312 e. The number of rotatable bonds is 4. The summed E-state index contributed by atoms with van der Waals surface area (Å²) in [6, 6.07) is 15.7. The maximum atomic E-state index is 11.7. The molecule has 1 unspecified atom stereocenters. The molecule has 0 bridgehead atoms. The minimum absolute atomic E-state index is 0.489. The summed E-state index contributed by atoms with van der Waals surface area (Å²) >= 11 is 1.29. The summed E-state index contributed by atoms with van der Waals surface area (Å²) in [7, 11) is 0. The van der Waals surface area contributed by atoms with E-state index >= 15 is 0 Å². The first kappa shape index (κ1) is 13.8. The van der Waals surface area contributed by atoms with Gasteiger partial charge in [-0.2, -0.15) is 4.37 Å². The van der Waals surface area contributed by atoms with Gasteiger partial charge in [0.05, 0.1) is 11.4 Å². The van der Waals surface area contributed by atoms with E-state index in [0.717, 1.165) is 26.9 Å². The van der Waals surface area contributed by atoms with E-state index in [0.29, 0.717) is 6.42 Å². The van der Waals surface area contributed by atoms with E-state index in [-0.39, 0.29) is 0 Å². The van der Waals surface area contributed by atoms with Crippen LogP contribution in [0.2, 0.25) is 0 Å². The molecule has 3 aromatic rings. The number of aromatic nitrogens is 1. The number of fused-ring (bicyclic) bond motifs is 1. The van der Waals surface area contributed by atoms with Crippen LogP contribution in [0.5, 0.6) is 0 Å². The van der Waals surface area contributed by atoms with Gasteiger partial charge in [-0.3, -0.25) is 4.79 Å². The lowest BCUT2D eigenvalue weighted by molar-refractivity contribution is -0.138. The van der Waals surface area contributed by atoms with Crippen LogP contribution in [-0.4, -0.2) is 15.4 Å². The third-order valence-electron chi connectivity index (χ3n) is 3.55. The van der Waals surface area contributed by atoms with Crippen molar-refractivity contribution >= 4 is 28.4 Å². The Morgan fingerprint density at radius 2 is 2.05 bits per heavy atom. The van der Waals surface area contributed by atoms with E-state index in [2.05, 4.69) is 4.37 Å². The molecule has 0 radical (unpaired) electrons. The summed E-state index contributed by atoms with van der Waals surface area (Å²) in [6.07, 6.45) is 0.489. The monoisotopic (exact) mass is 297 g/mol. The summed E-state index contributed by atoms with van der Waals surface area (Å²) in [6.45, 7) is 2.02. The van der Waals surface area contributed by atoms with Gasteiger partial charge in [0, 0.05) is 10.3 Å². The largest absolute Gasteiger partial charge is 0.481 e. The zero-order valence-corrected chi connectivity index (χ0v) is 12.4. The van der Waals surface area contributed by atoms with Crippen LogP contribution in [0.3, 0.4) is 0 Å². The zero-order chi connectivity index (χ0) is 14.8. The van der Waals surface area contributed by atoms with Gasteiger partial charge in [0.2, 0.25) is 0 Å². The fourth-order valence-electron chi connectivity index (χ4n) is 2.53. The molecule has 0 saturated carbocycles. The quantitative estimate of drug-likeness (QED) is 0.791. The minimum Gasteiger partial charge on any atom is -0.481 e. The van der Waals surface area contributed by atoms with E-state index in [1.54, 1.807) is 0 Å². The van der Waals surface area contributed by atoms with Crippen molar-refractivity contribution in [1.82, 2.24) is 4.37 Å². The Morgan fingerprint density at radius 3 is 2.81 bits per heavy atom. The smallest absolute Gasteiger partial charge is 0.312 e. The van der Waals surface area contributed by atoms with Gasteiger partial charge in [-0.25, -0.2) is 0 Å². The molecule has 21 heavy (non-hydrogen) atoms. The van der Waals surface area contributed by atoms with Gasteiger partial charge in [0.15, 0.2) is 0 Å². The Hall–Kier alpha value is -2.20. The first-order valence-electron chi connectivity index (χ1n) is 6.78. The topological polar surface area (TPSA) is 50.2 Å². The molecule has 106 valence electrons. The molecule has 3 rings (SSSR count). The average molecular weight is 297 g/mol. The number of carboxylic acids is 1. The molecule has 4 heteroatoms. The van der Waals surface area contributed by atoms with Crippen LogP contribution >= 0.6 is 11.5 Å². The third kappa shape index (κ3) is 2.81. The predicted molar refractivity (Wildman–Crippen MR) is 84.9 cm³/mol. The lowest BCUT2D eigenvalue weighted by Crippen LogP contribution is -2.13. The summed E-state index contributed by atoms with van der Waals surface area (Å²) < 4.78 is 4.36. The molecular formula is C17H15NO2S. The lowest BCUT2D eigenvalue weighted by Gasteiger charge is -2.11. The maximum absolute atomic E-state index is 11.7. The Labute approximate surface area is 127 Å². The van der Waals surface area contributed by atoms with Crippen LogP contribution in [0.4, 0.5) is 0 Å². The summed E-state index contributed by atoms with van der Waals surface area (Å²) in [4.78, 5) is 12.5. The second kappa shape index (κ2) is 5.66. The van der Waals surface area contributed by atoms with E-state index in [9.17, 15) is 9.90 Å². The minimum atomic E-state index is -0.800. The highest BCUT2D eigenvalue weighted by molar-refractivity contribution is 7.07. The van der Waals surface area contributed by atoms with E-state index in [1.807, 2.05) is 55.5 Å². The molecule has 1 aromatic heterocycles. The van der Waals surface area contributed by atoms with Gasteiger partial charge in [-0.05, 0) is 36.5 Å². The number of carboxylic acid groups (broad SMARTS) is 1. The number of hydrogen-bond donors (Lipinski definition) is 1. The van der Waals surface area contributed by atoms with Crippen molar-refractivity contribution in [2.24, 2.45) is 0 Å². The van der Waals surface area contributed by atoms with Gasteiger partial charge < -0.3 is 5.11 Å². The number of carbonyl (C=O) groups is 1. The number of nitrogens with zero attached hydrogens (tertiary/aromatic N) is 1. The van der Waals surface area contributed by atoms with Crippen LogP contribution in [0, 0.1) is 6.92 Å². The van der Waals surface area contributed by atoms with E-state index < -0.39 is 11.9 Å². The lowest BCUT2D eigenvalue weighted by atomic mass is 9.95. The second-order valence-corrected chi connectivity index (χ2v) is 5.95. The number of benzene rings is 2. The van der Waals surface area contributed by atoms with Crippen LogP contribution in [0.1, 0.15) is 21.9 Å². The molecule has 1 atom stereocenters. The van der Waals surface area contributed by atoms with Crippen molar-refractivity contribution in [3.05, 3.63) is 64.5 Å². The Kier molecular flexibility index (Phi) is 3.71. The van der Waals surface area contributed by atoms with Gasteiger partial charge >= 0.3 is 5.97 Å². The predicted octanol–water partition coefficient (Wildman–Crippen LogP) is 4.02. The molecule has 1 N–H and O–H groups in total. The highest BCUT2D eigenvalue weighted by Gasteiger charge is 2.24. The molecule has 2 aromatic carbocycles. The highest BCUT2D eigenvalue weighted by Crippen LogP contribution is 2.32. The molecular weight excluding hydrogens is 282 g/mol. The van der Waals surface area contributed by atoms with Crippen molar-refractivity contribution in [2.75, 3.05) is 0 Å². The molecule has 0 spiro atoms. The number of aryl methyl sites for hydroxylation is 1. The highest BCUT2D eigenvalue weighted by atomic mass is 32.1. The summed E-state index contributed by atoms with van der Waals surface area (Å²) in [5.41, 5.74) is 3.05. The van der Waals surface area contributed by atoms with Crippen LogP contribution < -0.4 is 0 Å². The van der Waals surface area contributed by atoms with Crippen LogP contribution in [-0.2, 0) is 11.2 Å². The first-order chi connectivity index (χ1) is 10.1. The molecule has 1 heterocycles. The van der Waals surface area contributed by atoms with E-state index in [1.165, 1.54) is 11.5 Å². The molecule has 0 aliphatic carbocycles. The van der Waals surface area contributed by atoms with Crippen molar-refractivity contribution in [3.63, 3.8) is 0 Å². The standard InChI is InChI=1S/C17H15NO2S/c1-11-5-4-6-12(9-11)10-14(17(19)20)16-13-7-2-3-8-15(13)18-21-16/h2-9,14H,10H2,1H3,(H,19,20).